The van der Waals surface area contributed by atoms with Crippen molar-refractivity contribution >= 4 is 0 Å². The van der Waals surface area contributed by atoms with Crippen LogP contribution in [-0.2, 0) is 6.42 Å². The molecule has 1 fully saturated rings. The number of halogens is 4. The maximum Gasteiger partial charge on any atom is 0.573 e. The van der Waals surface area contributed by atoms with Gasteiger partial charge in [0.2, 0.25) is 0 Å². The summed E-state index contributed by atoms with van der Waals surface area (Å²) in [6.45, 7) is 4.59. The first-order chi connectivity index (χ1) is 15.2. The monoisotopic (exact) mass is 450 g/mol. The zero-order valence-electron chi connectivity index (χ0n) is 19.1. The van der Waals surface area contributed by atoms with Gasteiger partial charge in [0.05, 0.1) is 0 Å². The first kappa shape index (κ1) is 24.6. The summed E-state index contributed by atoms with van der Waals surface area (Å²) in [5.41, 5.74) is 2.54. The maximum atomic E-state index is 14.0. The summed E-state index contributed by atoms with van der Waals surface area (Å²) in [7, 11) is 0. The summed E-state index contributed by atoms with van der Waals surface area (Å²) >= 11 is 0. The molecule has 1 aliphatic rings. The number of aryl methyl sites for hydroxylation is 1. The SMILES string of the molecule is CC(C)CCCC1CCC(CCc2ccc(-c3ccc(OC(F)(F)F)c(F)c3)cc2)CC1. The average molecular weight is 451 g/mol. The van der Waals surface area contributed by atoms with Gasteiger partial charge in [-0.25, -0.2) is 4.39 Å². The molecule has 1 nitrogen and oxygen atoms in total. The van der Waals surface area contributed by atoms with E-state index in [0.717, 1.165) is 41.9 Å². The molecule has 0 N–H and O–H groups in total. The first-order valence-corrected chi connectivity index (χ1v) is 11.8. The Balaban J connectivity index is 1.46. The molecule has 1 aliphatic carbocycles. The Labute approximate surface area is 189 Å². The van der Waals surface area contributed by atoms with Crippen LogP contribution in [0.3, 0.4) is 0 Å². The fraction of sp³-hybridized carbons (Fsp3) is 0.556. The average Bonchev–Trinajstić information content (AvgIpc) is 2.74. The third kappa shape index (κ3) is 7.83. The molecule has 2 aromatic rings. The van der Waals surface area contributed by atoms with E-state index in [1.165, 1.54) is 63.0 Å². The van der Waals surface area contributed by atoms with E-state index in [4.69, 9.17) is 0 Å². The van der Waals surface area contributed by atoms with Crippen molar-refractivity contribution in [3.63, 3.8) is 0 Å². The van der Waals surface area contributed by atoms with Gasteiger partial charge in [0, 0.05) is 0 Å². The van der Waals surface area contributed by atoms with Crippen molar-refractivity contribution in [2.24, 2.45) is 17.8 Å². The van der Waals surface area contributed by atoms with E-state index < -0.39 is 17.9 Å². The minimum absolute atomic E-state index is 0.527. The summed E-state index contributed by atoms with van der Waals surface area (Å²) in [5.74, 6) is 0.680. The van der Waals surface area contributed by atoms with Crippen molar-refractivity contribution < 1.29 is 22.3 Å². The second-order valence-corrected chi connectivity index (χ2v) is 9.64. The minimum Gasteiger partial charge on any atom is -0.403 e. The number of hydrogen-bond acceptors (Lipinski definition) is 1. The predicted molar refractivity (Wildman–Crippen MR) is 121 cm³/mol. The van der Waals surface area contributed by atoms with Crippen molar-refractivity contribution in [2.75, 3.05) is 0 Å². The van der Waals surface area contributed by atoms with Gasteiger partial charge in [0.25, 0.3) is 0 Å². The molecule has 0 amide bonds. The lowest BCUT2D eigenvalue weighted by molar-refractivity contribution is -0.275. The van der Waals surface area contributed by atoms with Crippen molar-refractivity contribution in [1.82, 2.24) is 0 Å². The number of alkyl halides is 3. The molecule has 0 spiro atoms. The summed E-state index contributed by atoms with van der Waals surface area (Å²) < 4.78 is 54.6. The predicted octanol–water partition coefficient (Wildman–Crippen LogP) is 8.96. The Bertz CT molecular complexity index is 834. The van der Waals surface area contributed by atoms with E-state index in [1.54, 1.807) is 0 Å². The molecular formula is C27H34F4O. The molecule has 176 valence electrons. The normalized spacial score (nSPS) is 19.3. The molecule has 0 atom stereocenters. The molecule has 0 radical (unpaired) electrons. The topological polar surface area (TPSA) is 9.23 Å². The third-order valence-corrected chi connectivity index (χ3v) is 6.65. The van der Waals surface area contributed by atoms with Crippen molar-refractivity contribution in [3.05, 3.63) is 53.8 Å². The molecule has 0 heterocycles. The van der Waals surface area contributed by atoms with Crippen LogP contribution in [0.25, 0.3) is 11.1 Å². The van der Waals surface area contributed by atoms with Gasteiger partial charge >= 0.3 is 6.36 Å². The van der Waals surface area contributed by atoms with Gasteiger partial charge in [0.15, 0.2) is 11.6 Å². The maximum absolute atomic E-state index is 14.0. The van der Waals surface area contributed by atoms with E-state index in [2.05, 4.69) is 18.6 Å². The van der Waals surface area contributed by atoms with Crippen molar-refractivity contribution in [3.8, 4) is 16.9 Å². The van der Waals surface area contributed by atoms with Gasteiger partial charge in [-0.2, -0.15) is 0 Å². The Morgan fingerprint density at radius 3 is 2.03 bits per heavy atom. The second kappa shape index (κ2) is 11.2. The van der Waals surface area contributed by atoms with E-state index in [1.807, 2.05) is 24.3 Å². The summed E-state index contributed by atoms with van der Waals surface area (Å²) in [6, 6.07) is 11.4. The highest BCUT2D eigenvalue weighted by molar-refractivity contribution is 5.64. The van der Waals surface area contributed by atoms with Gasteiger partial charge < -0.3 is 4.74 Å². The van der Waals surface area contributed by atoms with Gasteiger partial charge in [-0.3, -0.25) is 0 Å². The van der Waals surface area contributed by atoms with Crippen LogP contribution in [0.4, 0.5) is 17.6 Å². The van der Waals surface area contributed by atoms with Crippen LogP contribution < -0.4 is 4.74 Å². The number of benzene rings is 2. The molecule has 0 aromatic heterocycles. The van der Waals surface area contributed by atoms with Crippen LogP contribution in [0.1, 0.15) is 70.8 Å². The number of ether oxygens (including phenoxy) is 1. The largest absolute Gasteiger partial charge is 0.573 e. The van der Waals surface area contributed by atoms with E-state index >= 15 is 0 Å². The van der Waals surface area contributed by atoms with Crippen LogP contribution in [0.5, 0.6) is 5.75 Å². The zero-order valence-corrected chi connectivity index (χ0v) is 19.1. The lowest BCUT2D eigenvalue weighted by Gasteiger charge is -2.28. The van der Waals surface area contributed by atoms with Gasteiger partial charge in [-0.05, 0) is 59.4 Å². The fourth-order valence-corrected chi connectivity index (χ4v) is 4.75. The summed E-state index contributed by atoms with van der Waals surface area (Å²) in [4.78, 5) is 0. The molecule has 0 bridgehead atoms. The highest BCUT2D eigenvalue weighted by Crippen LogP contribution is 2.35. The molecule has 32 heavy (non-hydrogen) atoms. The molecular weight excluding hydrogens is 416 g/mol. The minimum atomic E-state index is -4.91. The van der Waals surface area contributed by atoms with Crippen LogP contribution in [0.15, 0.2) is 42.5 Å². The highest BCUT2D eigenvalue weighted by Gasteiger charge is 2.32. The standard InChI is InChI=1S/C27H34F4O/c1-19(2)4-3-5-20-6-8-21(9-7-20)10-11-22-12-14-23(15-13-22)24-16-17-26(25(28)18-24)32-27(29,30)31/h12-21H,3-11H2,1-2H3. The smallest absolute Gasteiger partial charge is 0.403 e. The van der Waals surface area contributed by atoms with Crippen LogP contribution >= 0.6 is 0 Å². The highest BCUT2D eigenvalue weighted by atomic mass is 19.4. The lowest BCUT2D eigenvalue weighted by Crippen LogP contribution is -2.17. The van der Waals surface area contributed by atoms with E-state index in [0.29, 0.717) is 5.56 Å². The lowest BCUT2D eigenvalue weighted by atomic mass is 9.77. The van der Waals surface area contributed by atoms with Crippen LogP contribution in [0.2, 0.25) is 0 Å². The zero-order chi connectivity index (χ0) is 23.1. The van der Waals surface area contributed by atoms with Gasteiger partial charge in [-0.15, -0.1) is 13.2 Å². The Hall–Kier alpha value is -2.04. The fourth-order valence-electron chi connectivity index (χ4n) is 4.75. The molecule has 0 aliphatic heterocycles. The van der Waals surface area contributed by atoms with Gasteiger partial charge in [0.1, 0.15) is 0 Å². The Kier molecular flexibility index (Phi) is 8.61. The van der Waals surface area contributed by atoms with Crippen molar-refractivity contribution in [2.45, 2.75) is 78.0 Å². The first-order valence-electron chi connectivity index (χ1n) is 11.8. The number of rotatable bonds is 9. The van der Waals surface area contributed by atoms with E-state index in [9.17, 15) is 17.6 Å². The molecule has 1 saturated carbocycles. The van der Waals surface area contributed by atoms with Crippen LogP contribution in [-0.4, -0.2) is 6.36 Å². The second-order valence-electron chi connectivity index (χ2n) is 9.64. The summed E-state index contributed by atoms with van der Waals surface area (Å²) in [6.07, 6.45) is 6.78. The molecule has 2 aromatic carbocycles. The number of hydrogen-bond donors (Lipinski definition) is 0. The third-order valence-electron chi connectivity index (χ3n) is 6.65. The molecule has 0 saturated heterocycles. The van der Waals surface area contributed by atoms with E-state index in [-0.39, 0.29) is 0 Å². The van der Waals surface area contributed by atoms with Gasteiger partial charge in [-0.1, -0.05) is 89.1 Å². The molecule has 5 heteroatoms. The Morgan fingerprint density at radius 2 is 1.47 bits per heavy atom. The molecule has 3 rings (SSSR count). The van der Waals surface area contributed by atoms with Crippen molar-refractivity contribution in [1.29, 1.82) is 0 Å². The molecule has 0 unspecified atom stereocenters. The quantitative estimate of drug-likeness (QED) is 0.346. The summed E-state index contributed by atoms with van der Waals surface area (Å²) in [5, 5.41) is 0. The van der Waals surface area contributed by atoms with Crippen LogP contribution in [0, 0.1) is 23.6 Å². The Morgan fingerprint density at radius 1 is 0.875 bits per heavy atom.